The Kier molecular flexibility index (Phi) is 8.79. The summed E-state index contributed by atoms with van der Waals surface area (Å²) in [6.45, 7) is 7.78. The van der Waals surface area contributed by atoms with E-state index in [1.54, 1.807) is 24.0 Å². The number of rotatable bonds is 10. The zero-order valence-corrected chi connectivity index (χ0v) is 18.7. The molecule has 2 rings (SSSR count). The first-order valence-electron chi connectivity index (χ1n) is 10.7. The van der Waals surface area contributed by atoms with Crippen LogP contribution in [0.2, 0.25) is 0 Å². The van der Waals surface area contributed by atoms with Gasteiger partial charge in [-0.15, -0.1) is 0 Å². The van der Waals surface area contributed by atoms with Gasteiger partial charge in [0.25, 0.3) is 5.69 Å². The molecule has 1 fully saturated rings. The molecule has 0 aromatic heterocycles. The fraction of sp³-hybridized carbons (Fsp3) is 0.636. The summed E-state index contributed by atoms with van der Waals surface area (Å²) in [6, 6.07) is 5.12. The first kappa shape index (κ1) is 24.6. The molecule has 0 spiro atoms. The van der Waals surface area contributed by atoms with Crippen molar-refractivity contribution in [2.24, 2.45) is 5.92 Å². The Bertz CT molecular complexity index is 789. The second-order valence-corrected chi connectivity index (χ2v) is 8.60. The molecule has 0 unspecified atom stereocenters. The van der Waals surface area contributed by atoms with E-state index in [1.807, 2.05) is 0 Å². The van der Waals surface area contributed by atoms with Crippen molar-refractivity contribution in [2.45, 2.75) is 52.0 Å². The molecule has 1 N–H and O–H groups in total. The lowest BCUT2D eigenvalue weighted by Crippen LogP contribution is -2.48. The molecule has 172 valence electrons. The topological polar surface area (TPSA) is 113 Å². The summed E-state index contributed by atoms with van der Waals surface area (Å²) in [6.07, 6.45) is 1.35. The number of piperidine rings is 1. The van der Waals surface area contributed by atoms with Crippen LogP contribution in [0.5, 0.6) is 0 Å². The van der Waals surface area contributed by atoms with Gasteiger partial charge < -0.3 is 19.6 Å². The molecule has 0 aliphatic carbocycles. The quantitative estimate of drug-likeness (QED) is 0.443. The zero-order chi connectivity index (χ0) is 23.1. The summed E-state index contributed by atoms with van der Waals surface area (Å²) < 4.78 is 4.94. The monoisotopic (exact) mass is 435 g/mol. The van der Waals surface area contributed by atoms with Crippen molar-refractivity contribution >= 4 is 23.3 Å². The molecule has 0 bridgehead atoms. The number of amides is 1. The van der Waals surface area contributed by atoms with E-state index in [0.29, 0.717) is 36.8 Å². The number of nitro benzene ring substituents is 1. The van der Waals surface area contributed by atoms with Gasteiger partial charge in [-0.1, -0.05) is 26.8 Å². The Balaban J connectivity index is 2.30. The standard InChI is InChI=1S/C22H33N3O6/c1-15(2)13-24(18-7-9-23(10-8-18)21(26)14-31-4)19-6-5-17(12-20(19)25(29)30)16(3)11-22(27)28/h5-6,12,15-16,18H,7-11,13-14H2,1-4H3,(H,27,28)/t16-/m1/s1. The van der Waals surface area contributed by atoms with Gasteiger partial charge in [-0.25, -0.2) is 0 Å². The highest BCUT2D eigenvalue weighted by Gasteiger charge is 2.31. The number of ether oxygens (including phenoxy) is 1. The van der Waals surface area contributed by atoms with E-state index in [9.17, 15) is 19.7 Å². The van der Waals surface area contributed by atoms with Crippen molar-refractivity contribution in [2.75, 3.05) is 38.3 Å². The first-order valence-corrected chi connectivity index (χ1v) is 10.7. The van der Waals surface area contributed by atoms with Gasteiger partial charge >= 0.3 is 5.97 Å². The molecule has 1 atom stereocenters. The van der Waals surface area contributed by atoms with Gasteiger partial charge in [0, 0.05) is 38.9 Å². The Morgan fingerprint density at radius 1 is 1.29 bits per heavy atom. The second-order valence-electron chi connectivity index (χ2n) is 8.60. The smallest absolute Gasteiger partial charge is 0.303 e. The lowest BCUT2D eigenvalue weighted by atomic mass is 9.95. The normalized spacial score (nSPS) is 15.7. The summed E-state index contributed by atoms with van der Waals surface area (Å²) in [5.74, 6) is -1.01. The molecule has 0 saturated carbocycles. The van der Waals surface area contributed by atoms with Gasteiger partial charge in [0.1, 0.15) is 12.3 Å². The predicted molar refractivity (Wildman–Crippen MR) is 117 cm³/mol. The van der Waals surface area contributed by atoms with Crippen molar-refractivity contribution in [3.05, 3.63) is 33.9 Å². The van der Waals surface area contributed by atoms with Crippen LogP contribution in [0.4, 0.5) is 11.4 Å². The maximum Gasteiger partial charge on any atom is 0.303 e. The number of nitro groups is 1. The number of anilines is 1. The number of carbonyl (C=O) groups excluding carboxylic acids is 1. The third-order valence-corrected chi connectivity index (χ3v) is 5.64. The van der Waals surface area contributed by atoms with Gasteiger partial charge in [0.15, 0.2) is 0 Å². The summed E-state index contributed by atoms with van der Waals surface area (Å²) in [7, 11) is 1.50. The third-order valence-electron chi connectivity index (χ3n) is 5.64. The van der Waals surface area contributed by atoms with Gasteiger partial charge in [-0.2, -0.15) is 0 Å². The molecule has 0 radical (unpaired) electrons. The van der Waals surface area contributed by atoms with Crippen molar-refractivity contribution in [3.63, 3.8) is 0 Å². The second kappa shape index (κ2) is 11.1. The van der Waals surface area contributed by atoms with Gasteiger partial charge in [-0.3, -0.25) is 19.7 Å². The van der Waals surface area contributed by atoms with Crippen LogP contribution in [0.1, 0.15) is 51.5 Å². The van der Waals surface area contributed by atoms with Gasteiger partial charge in [0.05, 0.1) is 11.3 Å². The Morgan fingerprint density at radius 3 is 2.45 bits per heavy atom. The number of carboxylic acids is 1. The van der Waals surface area contributed by atoms with E-state index in [4.69, 9.17) is 9.84 Å². The number of likely N-dealkylation sites (tertiary alicyclic amines) is 1. The number of carbonyl (C=O) groups is 2. The van der Waals surface area contributed by atoms with Crippen LogP contribution >= 0.6 is 0 Å². The molecule has 1 saturated heterocycles. The van der Waals surface area contributed by atoms with Crippen molar-refractivity contribution < 1.29 is 24.4 Å². The average Bonchev–Trinajstić information content (AvgIpc) is 2.71. The number of nitrogens with zero attached hydrogens (tertiary/aromatic N) is 3. The van der Waals surface area contributed by atoms with Crippen LogP contribution in [-0.4, -0.2) is 66.2 Å². The summed E-state index contributed by atoms with van der Waals surface area (Å²) >= 11 is 0. The van der Waals surface area contributed by atoms with E-state index in [1.165, 1.54) is 13.2 Å². The van der Waals surface area contributed by atoms with E-state index in [0.717, 1.165) is 12.8 Å². The number of hydrogen-bond acceptors (Lipinski definition) is 6. The van der Waals surface area contributed by atoms with Crippen LogP contribution in [0.3, 0.4) is 0 Å². The van der Waals surface area contributed by atoms with Crippen LogP contribution in [-0.2, 0) is 14.3 Å². The van der Waals surface area contributed by atoms with Gasteiger partial charge in [-0.05, 0) is 36.3 Å². The predicted octanol–water partition coefficient (Wildman–Crippen LogP) is 3.27. The molecule has 1 aromatic carbocycles. The maximum absolute atomic E-state index is 12.1. The number of methoxy groups -OCH3 is 1. The SMILES string of the molecule is COCC(=O)N1CCC(N(CC(C)C)c2ccc([C@H](C)CC(=O)O)cc2[N+](=O)[O-])CC1. The minimum absolute atomic E-state index is 0.00622. The van der Waals surface area contributed by atoms with Crippen LogP contribution in [0.15, 0.2) is 18.2 Å². The highest BCUT2D eigenvalue weighted by atomic mass is 16.6. The van der Waals surface area contributed by atoms with Crippen molar-refractivity contribution in [1.82, 2.24) is 4.90 Å². The Labute approximate surface area is 183 Å². The first-order chi connectivity index (χ1) is 14.6. The number of hydrogen-bond donors (Lipinski definition) is 1. The summed E-state index contributed by atoms with van der Waals surface area (Å²) in [4.78, 5) is 38.5. The van der Waals surface area contributed by atoms with E-state index in [2.05, 4.69) is 18.7 Å². The highest BCUT2D eigenvalue weighted by molar-refractivity contribution is 5.77. The maximum atomic E-state index is 12.1. The van der Waals surface area contributed by atoms with Crippen LogP contribution in [0, 0.1) is 16.0 Å². The molecule has 1 amide bonds. The zero-order valence-electron chi connectivity index (χ0n) is 18.7. The molecular weight excluding hydrogens is 402 g/mol. The number of benzene rings is 1. The lowest BCUT2D eigenvalue weighted by Gasteiger charge is -2.40. The molecular formula is C22H33N3O6. The molecule has 1 aliphatic rings. The summed E-state index contributed by atoms with van der Waals surface area (Å²) in [5, 5.41) is 21.0. The van der Waals surface area contributed by atoms with E-state index >= 15 is 0 Å². The van der Waals surface area contributed by atoms with Crippen molar-refractivity contribution in [1.29, 1.82) is 0 Å². The summed E-state index contributed by atoms with van der Waals surface area (Å²) in [5.41, 5.74) is 1.18. The number of aliphatic carboxylic acids is 1. The van der Waals surface area contributed by atoms with E-state index in [-0.39, 0.29) is 36.6 Å². The molecule has 9 nitrogen and oxygen atoms in total. The third kappa shape index (κ3) is 6.65. The molecule has 31 heavy (non-hydrogen) atoms. The Morgan fingerprint density at radius 2 is 1.94 bits per heavy atom. The fourth-order valence-corrected chi connectivity index (χ4v) is 4.10. The average molecular weight is 436 g/mol. The van der Waals surface area contributed by atoms with Gasteiger partial charge in [0.2, 0.25) is 5.91 Å². The largest absolute Gasteiger partial charge is 0.481 e. The Hall–Kier alpha value is -2.68. The van der Waals surface area contributed by atoms with Crippen molar-refractivity contribution in [3.8, 4) is 0 Å². The molecule has 1 heterocycles. The van der Waals surface area contributed by atoms with Crippen LogP contribution < -0.4 is 4.90 Å². The molecule has 1 aliphatic heterocycles. The minimum atomic E-state index is -0.935. The van der Waals surface area contributed by atoms with Crippen LogP contribution in [0.25, 0.3) is 0 Å². The minimum Gasteiger partial charge on any atom is -0.481 e. The fourth-order valence-electron chi connectivity index (χ4n) is 4.10. The van der Waals surface area contributed by atoms with E-state index < -0.39 is 10.9 Å². The lowest BCUT2D eigenvalue weighted by molar-refractivity contribution is -0.384. The molecule has 9 heteroatoms. The molecule has 1 aromatic rings. The highest BCUT2D eigenvalue weighted by Crippen LogP contribution is 2.36. The number of carboxylic acid groups (broad SMARTS) is 1.